The summed E-state index contributed by atoms with van der Waals surface area (Å²) in [4.78, 5) is 10.8. The van der Waals surface area contributed by atoms with Gasteiger partial charge in [-0.3, -0.25) is 9.67 Å². The number of rotatable bonds is 4. The van der Waals surface area contributed by atoms with Crippen LogP contribution >= 0.6 is 0 Å². The lowest BCUT2D eigenvalue weighted by molar-refractivity contribution is 0.00197. The fourth-order valence-corrected chi connectivity index (χ4v) is 5.68. The zero-order valence-electron chi connectivity index (χ0n) is 19.9. The van der Waals surface area contributed by atoms with Crippen molar-refractivity contribution in [3.63, 3.8) is 0 Å². The van der Waals surface area contributed by atoms with Crippen molar-refractivity contribution in [1.29, 1.82) is 0 Å². The molecule has 2 saturated heterocycles. The number of hydrogen-bond donors (Lipinski definition) is 2. The van der Waals surface area contributed by atoms with E-state index >= 15 is 4.39 Å². The van der Waals surface area contributed by atoms with Crippen LogP contribution in [0.2, 0.25) is 0 Å². The molecule has 2 fully saturated rings. The summed E-state index contributed by atoms with van der Waals surface area (Å²) in [6.45, 7) is 4.13. The van der Waals surface area contributed by atoms with E-state index < -0.39 is 17.5 Å². The number of fused-ring (bicyclic) bond motifs is 2. The van der Waals surface area contributed by atoms with Crippen LogP contribution in [0, 0.1) is 5.82 Å². The van der Waals surface area contributed by atoms with Gasteiger partial charge in [-0.05, 0) is 57.7 Å². The average molecular weight is 469 g/mol. The number of halogens is 2. The molecule has 4 atom stereocenters. The van der Waals surface area contributed by atoms with E-state index in [1.807, 2.05) is 18.9 Å². The minimum Gasteiger partial charge on any atom is -0.507 e. The highest BCUT2D eigenvalue weighted by Gasteiger charge is 2.53. The molecule has 9 heteroatoms. The highest BCUT2D eigenvalue weighted by Crippen LogP contribution is 2.43. The number of phenolic OH excluding ortho intramolecular Hbond substituents is 1. The van der Waals surface area contributed by atoms with Crippen LogP contribution in [0.3, 0.4) is 0 Å². The molecule has 0 unspecified atom stereocenters. The fourth-order valence-electron chi connectivity index (χ4n) is 5.68. The molecule has 2 aliphatic rings. The van der Waals surface area contributed by atoms with Crippen LogP contribution in [0.15, 0.2) is 36.8 Å². The van der Waals surface area contributed by atoms with Crippen LogP contribution in [0.5, 0.6) is 5.75 Å². The van der Waals surface area contributed by atoms with Crippen molar-refractivity contribution in [3.05, 3.63) is 42.6 Å². The van der Waals surface area contributed by atoms with E-state index in [1.165, 1.54) is 18.3 Å². The zero-order chi connectivity index (χ0) is 24.3. The summed E-state index contributed by atoms with van der Waals surface area (Å²) in [5.74, 6) is -0.0977. The molecule has 0 spiro atoms. The summed E-state index contributed by atoms with van der Waals surface area (Å²) >= 11 is 0. The SMILES string of the molecule is CN(c1cnc(-c2cc(F)c(-c3ccn(C)n3)cc2O)cn1)[C@H]1C[C@]2(C)CCC[C@@](C)(N2)[C@H]1F. The third-order valence-corrected chi connectivity index (χ3v) is 7.47. The lowest BCUT2D eigenvalue weighted by Crippen LogP contribution is -2.72. The Hall–Kier alpha value is -3.07. The van der Waals surface area contributed by atoms with Crippen molar-refractivity contribution in [3.8, 4) is 28.3 Å². The van der Waals surface area contributed by atoms with Gasteiger partial charge in [0, 0.05) is 42.5 Å². The van der Waals surface area contributed by atoms with Crippen molar-refractivity contribution in [1.82, 2.24) is 25.1 Å². The van der Waals surface area contributed by atoms with E-state index in [0.29, 0.717) is 23.6 Å². The molecule has 34 heavy (non-hydrogen) atoms. The Labute approximate surface area is 197 Å². The normalized spacial score (nSPS) is 28.6. The van der Waals surface area contributed by atoms with E-state index in [-0.39, 0.29) is 28.5 Å². The van der Waals surface area contributed by atoms with E-state index in [4.69, 9.17) is 0 Å². The monoisotopic (exact) mass is 468 g/mol. The first-order chi connectivity index (χ1) is 16.1. The number of anilines is 1. The van der Waals surface area contributed by atoms with Gasteiger partial charge in [-0.15, -0.1) is 0 Å². The Morgan fingerprint density at radius 2 is 1.94 bits per heavy atom. The number of nitrogens with one attached hydrogen (secondary N) is 1. The maximum Gasteiger partial charge on any atom is 0.147 e. The van der Waals surface area contributed by atoms with Crippen LogP contribution in [0.1, 0.15) is 39.5 Å². The van der Waals surface area contributed by atoms with Crippen molar-refractivity contribution < 1.29 is 13.9 Å². The van der Waals surface area contributed by atoms with Crippen LogP contribution in [0.25, 0.3) is 22.5 Å². The molecular formula is C25H30F2N6O. The predicted molar refractivity (Wildman–Crippen MR) is 127 cm³/mol. The maximum atomic E-state index is 15.6. The van der Waals surface area contributed by atoms with Gasteiger partial charge in [-0.1, -0.05) is 0 Å². The number of aryl methyl sites for hydroxylation is 1. The third-order valence-electron chi connectivity index (χ3n) is 7.47. The second-order valence-corrected chi connectivity index (χ2v) is 10.2. The Kier molecular flexibility index (Phi) is 5.35. The predicted octanol–water partition coefficient (Wildman–Crippen LogP) is 4.23. The van der Waals surface area contributed by atoms with Gasteiger partial charge in [0.05, 0.1) is 29.8 Å². The first-order valence-corrected chi connectivity index (χ1v) is 11.6. The van der Waals surface area contributed by atoms with Gasteiger partial charge in [0.25, 0.3) is 0 Å². The molecule has 0 amide bonds. The standard InChI is InChI=1S/C25H30F2N6O/c1-24-7-5-8-25(2,31-24)23(27)20(12-24)33(4)22-14-28-19(13-29-22)16-10-17(26)15(11-21(16)34)18-6-9-32(3)30-18/h6,9-11,13-14,20,23,31,34H,5,7-8,12H2,1-4H3/t20-,23-,24-,25+/m0/s1. The van der Waals surface area contributed by atoms with Gasteiger partial charge < -0.3 is 15.3 Å². The second kappa shape index (κ2) is 8.01. The van der Waals surface area contributed by atoms with E-state index in [0.717, 1.165) is 19.3 Å². The second-order valence-electron chi connectivity index (χ2n) is 10.2. The molecule has 5 rings (SSSR count). The number of phenols is 1. The molecule has 3 aromatic rings. The van der Waals surface area contributed by atoms with Gasteiger partial charge >= 0.3 is 0 Å². The van der Waals surface area contributed by atoms with Crippen molar-refractivity contribution in [2.75, 3.05) is 11.9 Å². The van der Waals surface area contributed by atoms with Crippen LogP contribution < -0.4 is 10.2 Å². The molecule has 2 aliphatic heterocycles. The summed E-state index contributed by atoms with van der Waals surface area (Å²) in [6, 6.07) is 3.92. The van der Waals surface area contributed by atoms with E-state index in [9.17, 15) is 9.50 Å². The van der Waals surface area contributed by atoms with Gasteiger partial charge in [-0.25, -0.2) is 13.8 Å². The quantitative estimate of drug-likeness (QED) is 0.597. The summed E-state index contributed by atoms with van der Waals surface area (Å²) in [5.41, 5.74) is 0.535. The summed E-state index contributed by atoms with van der Waals surface area (Å²) < 4.78 is 32.0. The molecule has 180 valence electrons. The highest BCUT2D eigenvalue weighted by molar-refractivity contribution is 5.73. The lowest BCUT2D eigenvalue weighted by Gasteiger charge is -2.56. The van der Waals surface area contributed by atoms with E-state index in [1.54, 1.807) is 30.2 Å². The molecule has 2 N–H and O–H groups in total. The molecule has 0 aliphatic carbocycles. The smallest absolute Gasteiger partial charge is 0.147 e. The number of alkyl halides is 1. The van der Waals surface area contributed by atoms with Crippen molar-refractivity contribution in [2.45, 2.75) is 62.8 Å². The summed E-state index contributed by atoms with van der Waals surface area (Å²) in [6.07, 6.45) is 7.20. The van der Waals surface area contributed by atoms with Gasteiger partial charge in [0.1, 0.15) is 23.6 Å². The minimum atomic E-state index is -1.05. The Morgan fingerprint density at radius 1 is 1.15 bits per heavy atom. The fraction of sp³-hybridized carbons (Fsp3) is 0.480. The van der Waals surface area contributed by atoms with Gasteiger partial charge in [0.2, 0.25) is 0 Å². The van der Waals surface area contributed by atoms with Gasteiger partial charge in [0.15, 0.2) is 0 Å². The first kappa shape index (κ1) is 22.7. The Bertz CT molecular complexity index is 1210. The molecule has 0 radical (unpaired) electrons. The summed E-state index contributed by atoms with van der Waals surface area (Å²) in [5, 5.41) is 18.3. The molecule has 7 nitrogen and oxygen atoms in total. The molecule has 2 aromatic heterocycles. The number of aromatic nitrogens is 4. The van der Waals surface area contributed by atoms with E-state index in [2.05, 4.69) is 27.3 Å². The molecule has 4 heterocycles. The van der Waals surface area contributed by atoms with Crippen LogP contribution in [-0.2, 0) is 7.05 Å². The highest BCUT2D eigenvalue weighted by atomic mass is 19.1. The van der Waals surface area contributed by atoms with Gasteiger partial charge in [-0.2, -0.15) is 5.10 Å². The van der Waals surface area contributed by atoms with Crippen molar-refractivity contribution in [2.24, 2.45) is 7.05 Å². The number of hydrogen-bond acceptors (Lipinski definition) is 6. The topological polar surface area (TPSA) is 79.1 Å². The molecule has 2 bridgehead atoms. The Balaban J connectivity index is 1.40. The number of benzene rings is 1. The minimum absolute atomic E-state index is 0.111. The summed E-state index contributed by atoms with van der Waals surface area (Å²) in [7, 11) is 3.58. The third kappa shape index (κ3) is 3.81. The largest absolute Gasteiger partial charge is 0.507 e. The zero-order valence-corrected chi connectivity index (χ0v) is 19.9. The van der Waals surface area contributed by atoms with Crippen LogP contribution in [0.4, 0.5) is 14.6 Å². The first-order valence-electron chi connectivity index (χ1n) is 11.6. The molecular weight excluding hydrogens is 438 g/mol. The molecule has 0 saturated carbocycles. The lowest BCUT2D eigenvalue weighted by atomic mass is 9.68. The van der Waals surface area contributed by atoms with Crippen molar-refractivity contribution >= 4 is 5.82 Å². The van der Waals surface area contributed by atoms with Crippen LogP contribution in [-0.4, -0.2) is 55.2 Å². The number of piperidine rings is 2. The maximum absolute atomic E-state index is 15.6. The Morgan fingerprint density at radius 3 is 2.62 bits per heavy atom. The average Bonchev–Trinajstić information content (AvgIpc) is 3.23. The number of aromatic hydroxyl groups is 1. The number of nitrogens with zero attached hydrogens (tertiary/aromatic N) is 5. The molecule has 1 aromatic carbocycles.